The number of aromatic nitrogens is 3. The minimum absolute atomic E-state index is 0.0681. The first-order valence-electron chi connectivity index (χ1n) is 18.4. The molecule has 0 bridgehead atoms. The van der Waals surface area contributed by atoms with Gasteiger partial charge in [-0.1, -0.05) is 41.9 Å². The Morgan fingerprint density at radius 2 is 1.96 bits per heavy atom. The van der Waals surface area contributed by atoms with Crippen LogP contribution in [0.1, 0.15) is 25.7 Å². The highest BCUT2D eigenvalue weighted by Gasteiger charge is 2.49. The Morgan fingerprint density at radius 1 is 1.11 bits per heavy atom. The largest absolute Gasteiger partial charge is 0.461 e. The summed E-state index contributed by atoms with van der Waals surface area (Å²) in [4.78, 5) is 35.2. The number of alkyl halides is 1. The zero-order valence-electron chi connectivity index (χ0n) is 29.7. The minimum Gasteiger partial charge on any atom is -0.461 e. The summed E-state index contributed by atoms with van der Waals surface area (Å²) in [6.45, 7) is 5.66. The normalized spacial score (nSPS) is 23.8. The van der Waals surface area contributed by atoms with Crippen LogP contribution in [0.3, 0.4) is 0 Å². The van der Waals surface area contributed by atoms with Gasteiger partial charge in [0.05, 0.1) is 47.7 Å². The summed E-state index contributed by atoms with van der Waals surface area (Å²) < 4.78 is 57.9. The molecule has 15 heteroatoms. The van der Waals surface area contributed by atoms with E-state index in [2.05, 4.69) is 25.8 Å². The van der Waals surface area contributed by atoms with Gasteiger partial charge in [-0.3, -0.25) is 19.6 Å². The molecule has 11 nitrogen and oxygen atoms in total. The number of anilines is 1. The van der Waals surface area contributed by atoms with Crippen molar-refractivity contribution in [2.45, 2.75) is 43.4 Å². The fourth-order valence-electron chi connectivity index (χ4n) is 8.47. The van der Waals surface area contributed by atoms with E-state index >= 15 is 4.39 Å². The first-order chi connectivity index (χ1) is 26.2. The Bertz CT molecular complexity index is 2150. The molecule has 4 aromatic rings. The van der Waals surface area contributed by atoms with Crippen LogP contribution in [0.15, 0.2) is 48.7 Å². The van der Waals surface area contributed by atoms with Crippen LogP contribution >= 0.6 is 11.6 Å². The molecule has 4 saturated heterocycles. The third-order valence-corrected chi connectivity index (χ3v) is 11.6. The van der Waals surface area contributed by atoms with Gasteiger partial charge in [0.25, 0.3) is 0 Å². The second-order valence-corrected chi connectivity index (χ2v) is 14.8. The van der Waals surface area contributed by atoms with Crippen LogP contribution < -0.4 is 9.64 Å². The molecule has 282 valence electrons. The standard InChI is InChI=1S/C39H40ClF3N8O3/c40-33-30(42)8-7-25-4-1-5-28(32(25)33)35-34(43)36-29(21-45-35)37(47-38(46-36)54-24-39-10-3-13-50(39)22-26(41)20-39)49-14-15-51(27(23-49)9-11-44)31(52)6-2-12-48-16-18-53-19-17-48/h1-2,4-8,21,26-27H,3,9-10,12-20,22-24H2/b6-2+/t26-,27+,39+/m1/s1. The molecule has 1 amide bonds. The summed E-state index contributed by atoms with van der Waals surface area (Å²) in [5, 5.41) is 10.9. The number of morpholine rings is 1. The third kappa shape index (κ3) is 6.94. The number of benzene rings is 2. The smallest absolute Gasteiger partial charge is 0.319 e. The van der Waals surface area contributed by atoms with Crippen LogP contribution in [0.2, 0.25) is 5.02 Å². The molecule has 4 aliphatic heterocycles. The number of hydrogen-bond donors (Lipinski definition) is 0. The minimum atomic E-state index is -0.962. The summed E-state index contributed by atoms with van der Waals surface area (Å²) in [5.74, 6) is -1.27. The van der Waals surface area contributed by atoms with Gasteiger partial charge in [-0.05, 0) is 30.8 Å². The maximum absolute atomic E-state index is 16.9. The van der Waals surface area contributed by atoms with Gasteiger partial charge in [-0.25, -0.2) is 13.2 Å². The number of pyridine rings is 1. The van der Waals surface area contributed by atoms with Gasteiger partial charge in [0, 0.05) is 75.5 Å². The number of rotatable bonds is 9. The van der Waals surface area contributed by atoms with E-state index in [9.17, 15) is 18.8 Å². The highest BCUT2D eigenvalue weighted by atomic mass is 35.5. The third-order valence-electron chi connectivity index (χ3n) is 11.2. The molecule has 54 heavy (non-hydrogen) atoms. The number of halogens is 4. The molecular formula is C39H40ClF3N8O3. The van der Waals surface area contributed by atoms with Gasteiger partial charge in [0.1, 0.15) is 35.6 Å². The molecular weight excluding hydrogens is 721 g/mol. The van der Waals surface area contributed by atoms with E-state index in [-0.39, 0.29) is 47.7 Å². The van der Waals surface area contributed by atoms with Crippen LogP contribution in [0.25, 0.3) is 32.9 Å². The SMILES string of the molecule is N#CC[C@H]1CN(c2nc(OC[C@@]34CCCN3C[C@H](F)C4)nc3c(F)c(-c4cccc5ccc(F)c(Cl)c45)ncc23)CCN1C(=O)/C=C/CN1CCOCC1. The fraction of sp³-hybridized carbons (Fsp3) is 0.462. The molecule has 4 aliphatic rings. The zero-order chi connectivity index (χ0) is 37.4. The van der Waals surface area contributed by atoms with Gasteiger partial charge in [0.15, 0.2) is 5.82 Å². The molecule has 0 saturated carbocycles. The summed E-state index contributed by atoms with van der Waals surface area (Å²) >= 11 is 6.43. The maximum atomic E-state index is 16.9. The highest BCUT2D eigenvalue weighted by molar-refractivity contribution is 6.36. The average Bonchev–Trinajstić information content (AvgIpc) is 3.71. The number of nitriles is 1. The lowest BCUT2D eigenvalue weighted by atomic mass is 9.95. The quantitative estimate of drug-likeness (QED) is 0.202. The number of carbonyl (C=O) groups is 1. The van der Waals surface area contributed by atoms with Crippen molar-refractivity contribution in [1.29, 1.82) is 5.26 Å². The number of amides is 1. The molecule has 0 N–H and O–H groups in total. The molecule has 3 atom stereocenters. The molecule has 0 aliphatic carbocycles. The van der Waals surface area contributed by atoms with Crippen LogP contribution in [-0.2, 0) is 9.53 Å². The van der Waals surface area contributed by atoms with E-state index in [4.69, 9.17) is 26.1 Å². The molecule has 6 heterocycles. The van der Waals surface area contributed by atoms with E-state index in [0.29, 0.717) is 73.4 Å². The molecule has 2 aromatic carbocycles. The fourth-order valence-corrected chi connectivity index (χ4v) is 8.74. The Hall–Kier alpha value is -4.55. The molecule has 4 fully saturated rings. The van der Waals surface area contributed by atoms with Crippen molar-refractivity contribution < 1.29 is 27.4 Å². The zero-order valence-corrected chi connectivity index (χ0v) is 30.5. The molecule has 0 radical (unpaired) electrons. The molecule has 0 unspecified atom stereocenters. The van der Waals surface area contributed by atoms with E-state index < -0.39 is 29.4 Å². The molecule has 8 rings (SSSR count). The van der Waals surface area contributed by atoms with Gasteiger partial charge >= 0.3 is 6.01 Å². The van der Waals surface area contributed by atoms with Crippen molar-refractivity contribution in [3.05, 3.63) is 65.3 Å². The number of nitrogens with zero attached hydrogens (tertiary/aromatic N) is 8. The Morgan fingerprint density at radius 3 is 2.80 bits per heavy atom. The Balaban J connectivity index is 1.14. The lowest BCUT2D eigenvalue weighted by Crippen LogP contribution is -2.55. The number of fused-ring (bicyclic) bond motifs is 3. The van der Waals surface area contributed by atoms with Crippen LogP contribution in [0, 0.1) is 23.0 Å². The van der Waals surface area contributed by atoms with Crippen molar-refractivity contribution in [2.75, 3.05) is 77.1 Å². The number of piperazine rings is 1. The number of hydrogen-bond acceptors (Lipinski definition) is 10. The van der Waals surface area contributed by atoms with Crippen LogP contribution in [0.4, 0.5) is 19.0 Å². The maximum Gasteiger partial charge on any atom is 0.319 e. The predicted molar refractivity (Wildman–Crippen MR) is 198 cm³/mol. The van der Waals surface area contributed by atoms with Gasteiger partial charge in [-0.2, -0.15) is 15.2 Å². The first kappa shape index (κ1) is 36.4. The van der Waals surface area contributed by atoms with Crippen molar-refractivity contribution in [1.82, 2.24) is 29.7 Å². The van der Waals surface area contributed by atoms with Crippen molar-refractivity contribution in [2.24, 2.45) is 0 Å². The predicted octanol–water partition coefficient (Wildman–Crippen LogP) is 5.55. The lowest BCUT2D eigenvalue weighted by Gasteiger charge is -2.41. The summed E-state index contributed by atoms with van der Waals surface area (Å²) in [6.07, 6.45) is 6.01. The van der Waals surface area contributed by atoms with Gasteiger partial charge in [-0.15, -0.1) is 0 Å². The van der Waals surface area contributed by atoms with E-state index in [1.165, 1.54) is 12.3 Å². The summed E-state index contributed by atoms with van der Waals surface area (Å²) in [5.41, 5.74) is -0.346. The van der Waals surface area contributed by atoms with Gasteiger partial charge < -0.3 is 19.3 Å². The Kier molecular flexibility index (Phi) is 10.3. The van der Waals surface area contributed by atoms with Crippen molar-refractivity contribution >= 4 is 45.0 Å². The van der Waals surface area contributed by atoms with E-state index in [1.54, 1.807) is 35.2 Å². The Labute approximate surface area is 315 Å². The summed E-state index contributed by atoms with van der Waals surface area (Å²) in [6, 6.07) is 9.60. The number of ether oxygens (including phenoxy) is 2. The highest BCUT2D eigenvalue weighted by Crippen LogP contribution is 2.42. The second-order valence-electron chi connectivity index (χ2n) is 14.5. The lowest BCUT2D eigenvalue weighted by molar-refractivity contribution is -0.128. The first-order valence-corrected chi connectivity index (χ1v) is 18.8. The monoisotopic (exact) mass is 760 g/mol. The van der Waals surface area contributed by atoms with Crippen molar-refractivity contribution in [3.8, 4) is 23.3 Å². The van der Waals surface area contributed by atoms with Crippen LogP contribution in [0.5, 0.6) is 6.01 Å². The van der Waals surface area contributed by atoms with Crippen LogP contribution in [-0.4, -0.2) is 125 Å². The molecule has 0 spiro atoms. The summed E-state index contributed by atoms with van der Waals surface area (Å²) in [7, 11) is 0. The average molecular weight is 761 g/mol. The molecule has 2 aromatic heterocycles. The van der Waals surface area contributed by atoms with E-state index in [0.717, 1.165) is 32.5 Å². The number of carbonyl (C=O) groups excluding carboxylic acids is 1. The topological polar surface area (TPSA) is 111 Å². The van der Waals surface area contributed by atoms with E-state index in [1.807, 2.05) is 11.0 Å². The second kappa shape index (κ2) is 15.3. The van der Waals surface area contributed by atoms with Crippen molar-refractivity contribution in [3.63, 3.8) is 0 Å². The van der Waals surface area contributed by atoms with Gasteiger partial charge in [0.2, 0.25) is 5.91 Å².